The number of halogens is 2. The molecule has 1 atom stereocenters. The Hall–Kier alpha value is -2.26. The predicted octanol–water partition coefficient (Wildman–Crippen LogP) is 3.39. The van der Waals surface area contributed by atoms with Crippen LogP contribution in [0.5, 0.6) is 0 Å². The van der Waals surface area contributed by atoms with Crippen molar-refractivity contribution in [3.8, 4) is 0 Å². The van der Waals surface area contributed by atoms with Gasteiger partial charge in [-0.25, -0.2) is 13.8 Å². The summed E-state index contributed by atoms with van der Waals surface area (Å²) in [5, 5.41) is 4.11. The molecular formula is C16H13F2N3O2S2. The van der Waals surface area contributed by atoms with Crippen molar-refractivity contribution in [2.24, 2.45) is 7.05 Å². The molecule has 1 amide bonds. The van der Waals surface area contributed by atoms with E-state index >= 15 is 0 Å². The van der Waals surface area contributed by atoms with Crippen molar-refractivity contribution in [2.75, 3.05) is 5.32 Å². The Bertz CT molecular complexity index is 1020. The molecule has 0 radical (unpaired) electrons. The van der Waals surface area contributed by atoms with Gasteiger partial charge in [0.15, 0.2) is 16.8 Å². The maximum absolute atomic E-state index is 13.2. The molecule has 2 aromatic heterocycles. The topological polar surface area (TPSA) is 64.0 Å². The van der Waals surface area contributed by atoms with Gasteiger partial charge in [0.05, 0.1) is 10.8 Å². The van der Waals surface area contributed by atoms with Gasteiger partial charge in [0.25, 0.3) is 5.56 Å². The van der Waals surface area contributed by atoms with Crippen LogP contribution in [0, 0.1) is 11.6 Å². The van der Waals surface area contributed by atoms with E-state index in [9.17, 15) is 18.4 Å². The Morgan fingerprint density at radius 2 is 2.08 bits per heavy atom. The lowest BCUT2D eigenvalue weighted by atomic mass is 10.3. The monoisotopic (exact) mass is 381 g/mol. The second-order valence-corrected chi connectivity index (χ2v) is 7.50. The zero-order valence-corrected chi connectivity index (χ0v) is 14.9. The van der Waals surface area contributed by atoms with E-state index in [0.717, 1.165) is 23.9 Å². The lowest BCUT2D eigenvalue weighted by Gasteiger charge is -2.13. The minimum Gasteiger partial charge on any atom is -0.325 e. The van der Waals surface area contributed by atoms with Crippen LogP contribution >= 0.6 is 23.1 Å². The van der Waals surface area contributed by atoms with E-state index in [0.29, 0.717) is 15.4 Å². The summed E-state index contributed by atoms with van der Waals surface area (Å²) in [5.41, 5.74) is 0.575. The molecule has 5 nitrogen and oxygen atoms in total. The fraction of sp³-hybridized carbons (Fsp3) is 0.188. The summed E-state index contributed by atoms with van der Waals surface area (Å²) in [7, 11) is 1.59. The number of fused-ring (bicyclic) bond motifs is 1. The highest BCUT2D eigenvalue weighted by atomic mass is 32.2. The third kappa shape index (κ3) is 3.57. The third-order valence-corrected chi connectivity index (χ3v) is 5.52. The molecule has 0 saturated carbocycles. The number of rotatable bonds is 4. The number of thiophene rings is 1. The van der Waals surface area contributed by atoms with Crippen LogP contribution in [-0.4, -0.2) is 20.7 Å². The third-order valence-electron chi connectivity index (χ3n) is 3.48. The quantitative estimate of drug-likeness (QED) is 0.556. The number of nitrogens with zero attached hydrogens (tertiary/aromatic N) is 2. The van der Waals surface area contributed by atoms with E-state index in [2.05, 4.69) is 10.3 Å². The maximum atomic E-state index is 13.2. The molecule has 0 aliphatic carbocycles. The molecule has 0 saturated heterocycles. The average molecular weight is 381 g/mol. The minimum atomic E-state index is -1.04. The van der Waals surface area contributed by atoms with Crippen LogP contribution < -0.4 is 10.9 Å². The van der Waals surface area contributed by atoms with Gasteiger partial charge in [-0.05, 0) is 30.5 Å². The van der Waals surface area contributed by atoms with E-state index < -0.39 is 22.8 Å². The zero-order valence-electron chi connectivity index (χ0n) is 13.2. The highest BCUT2D eigenvalue weighted by Gasteiger charge is 2.19. The molecule has 3 rings (SSSR count). The van der Waals surface area contributed by atoms with E-state index in [1.54, 1.807) is 25.4 Å². The number of nitrogens with one attached hydrogen (secondary N) is 1. The van der Waals surface area contributed by atoms with Crippen molar-refractivity contribution in [1.82, 2.24) is 9.55 Å². The molecule has 3 aromatic rings. The zero-order chi connectivity index (χ0) is 18.1. The summed E-state index contributed by atoms with van der Waals surface area (Å²) in [4.78, 5) is 28.9. The van der Waals surface area contributed by atoms with Crippen molar-refractivity contribution in [1.29, 1.82) is 0 Å². The van der Waals surface area contributed by atoms with Gasteiger partial charge in [0, 0.05) is 18.8 Å². The molecule has 0 aliphatic rings. The highest BCUT2D eigenvalue weighted by Crippen LogP contribution is 2.24. The molecule has 25 heavy (non-hydrogen) atoms. The first-order valence-electron chi connectivity index (χ1n) is 7.23. The lowest BCUT2D eigenvalue weighted by molar-refractivity contribution is -0.115. The molecule has 9 heteroatoms. The molecular weight excluding hydrogens is 368 g/mol. The van der Waals surface area contributed by atoms with E-state index in [-0.39, 0.29) is 11.2 Å². The van der Waals surface area contributed by atoms with Crippen molar-refractivity contribution in [3.05, 3.63) is 51.6 Å². The lowest BCUT2D eigenvalue weighted by Crippen LogP contribution is -2.25. The average Bonchev–Trinajstić information content (AvgIpc) is 3.04. The summed E-state index contributed by atoms with van der Waals surface area (Å²) >= 11 is 2.43. The molecule has 0 bridgehead atoms. The second-order valence-electron chi connectivity index (χ2n) is 5.27. The fourth-order valence-corrected chi connectivity index (χ4v) is 3.78. The van der Waals surface area contributed by atoms with E-state index in [4.69, 9.17) is 0 Å². The Kier molecular flexibility index (Phi) is 4.87. The van der Waals surface area contributed by atoms with Crippen LogP contribution in [-0.2, 0) is 11.8 Å². The van der Waals surface area contributed by atoms with Gasteiger partial charge in [-0.1, -0.05) is 11.8 Å². The maximum Gasteiger partial charge on any atom is 0.271 e. The summed E-state index contributed by atoms with van der Waals surface area (Å²) in [6.45, 7) is 1.64. The van der Waals surface area contributed by atoms with Gasteiger partial charge < -0.3 is 5.32 Å². The van der Waals surface area contributed by atoms with E-state index in [1.165, 1.54) is 22.0 Å². The molecule has 0 spiro atoms. The normalized spacial score (nSPS) is 12.3. The van der Waals surface area contributed by atoms with Gasteiger partial charge in [0.2, 0.25) is 5.91 Å². The summed E-state index contributed by atoms with van der Waals surface area (Å²) in [6.07, 6.45) is 0. The predicted molar refractivity (Wildman–Crippen MR) is 95.2 cm³/mol. The van der Waals surface area contributed by atoms with Crippen LogP contribution in [0.25, 0.3) is 10.2 Å². The van der Waals surface area contributed by atoms with Crippen molar-refractivity contribution >= 4 is 44.9 Å². The Morgan fingerprint density at radius 1 is 1.32 bits per heavy atom. The van der Waals surface area contributed by atoms with Gasteiger partial charge >= 0.3 is 0 Å². The van der Waals surface area contributed by atoms with Gasteiger partial charge in [-0.15, -0.1) is 11.3 Å². The number of anilines is 1. The molecule has 2 heterocycles. The summed E-state index contributed by atoms with van der Waals surface area (Å²) in [6, 6.07) is 4.88. The van der Waals surface area contributed by atoms with E-state index in [1.807, 2.05) is 0 Å². The molecule has 0 aliphatic heterocycles. The first kappa shape index (κ1) is 17.6. The first-order chi connectivity index (χ1) is 11.9. The number of aromatic nitrogens is 2. The van der Waals surface area contributed by atoms with Crippen molar-refractivity contribution in [3.63, 3.8) is 0 Å². The Labute approximate surface area is 149 Å². The van der Waals surface area contributed by atoms with Crippen LogP contribution in [0.3, 0.4) is 0 Å². The van der Waals surface area contributed by atoms with Gasteiger partial charge in [0.1, 0.15) is 4.70 Å². The van der Waals surface area contributed by atoms with Crippen molar-refractivity contribution < 1.29 is 13.6 Å². The largest absolute Gasteiger partial charge is 0.325 e. The van der Waals surface area contributed by atoms with Crippen LogP contribution in [0.15, 0.2) is 39.6 Å². The first-order valence-corrected chi connectivity index (χ1v) is 8.99. The molecule has 130 valence electrons. The summed E-state index contributed by atoms with van der Waals surface area (Å²) < 4.78 is 28.1. The van der Waals surface area contributed by atoms with Crippen molar-refractivity contribution in [2.45, 2.75) is 17.3 Å². The molecule has 1 aromatic carbocycles. The summed E-state index contributed by atoms with van der Waals surface area (Å²) in [5.74, 6) is -2.43. The number of carbonyl (C=O) groups is 1. The second kappa shape index (κ2) is 6.93. The molecule has 1 unspecified atom stereocenters. The smallest absolute Gasteiger partial charge is 0.271 e. The highest BCUT2D eigenvalue weighted by molar-refractivity contribution is 8.00. The number of hydrogen-bond donors (Lipinski definition) is 1. The SMILES string of the molecule is CC(Sc1nc2ccsc2c(=O)n1C)C(=O)Nc1ccc(F)c(F)c1. The standard InChI is InChI=1S/C16H13F2N3O2S2/c1-8(14(22)19-9-3-4-10(17)11(18)7-9)25-16-20-12-5-6-24-13(12)15(23)21(16)2/h3-8H,1-2H3,(H,19,22). The number of amides is 1. The van der Waals surface area contributed by atoms with Crippen LogP contribution in [0.4, 0.5) is 14.5 Å². The van der Waals surface area contributed by atoms with Gasteiger partial charge in [-0.3, -0.25) is 14.2 Å². The Balaban J connectivity index is 1.78. The number of thioether (sulfide) groups is 1. The molecule has 1 N–H and O–H groups in total. The molecule has 0 fully saturated rings. The number of benzene rings is 1. The van der Waals surface area contributed by atoms with Crippen LogP contribution in [0.1, 0.15) is 6.92 Å². The number of carbonyl (C=O) groups excluding carboxylic acids is 1. The Morgan fingerprint density at radius 3 is 2.80 bits per heavy atom. The number of hydrogen-bond acceptors (Lipinski definition) is 5. The van der Waals surface area contributed by atoms with Crippen LogP contribution in [0.2, 0.25) is 0 Å². The fourth-order valence-electron chi connectivity index (χ4n) is 2.10. The minimum absolute atomic E-state index is 0.159. The van der Waals surface area contributed by atoms with Gasteiger partial charge in [-0.2, -0.15) is 0 Å².